The molecule has 0 aliphatic carbocycles. The van der Waals surface area contributed by atoms with Gasteiger partial charge in [-0.25, -0.2) is 14.4 Å². The van der Waals surface area contributed by atoms with E-state index in [2.05, 4.69) is 26.7 Å². The largest absolute Gasteiger partial charge is 0.387 e. The molecule has 38 heavy (non-hydrogen) atoms. The van der Waals surface area contributed by atoms with Crippen molar-refractivity contribution in [2.24, 2.45) is 0 Å². The fourth-order valence-electron chi connectivity index (χ4n) is 4.18. The fraction of sp³-hybridized carbons (Fsp3) is 0.385. The standard InChI is InChI=1S/C26H27FN8O3/c1-26(2,38)21(27)14-32-25(37)19-13-30-22(35-8-4-17-9-16(11-29)12-31-24(17)35)10-20(19)33-18-5-7-34(15-18)23(36)3-6-28/h4,8-10,12-13,18,21,38H,3,5,7,14-15H2,1-2H3,(H,30,33)(H,32,37). The van der Waals surface area contributed by atoms with Crippen molar-refractivity contribution in [1.29, 1.82) is 10.5 Å². The van der Waals surface area contributed by atoms with Crippen LogP contribution in [0.15, 0.2) is 36.8 Å². The summed E-state index contributed by atoms with van der Waals surface area (Å²) in [5.74, 6) is -0.387. The van der Waals surface area contributed by atoms with E-state index in [-0.39, 0.29) is 23.9 Å². The molecule has 4 heterocycles. The van der Waals surface area contributed by atoms with Crippen LogP contribution in [0.2, 0.25) is 0 Å². The normalized spacial score (nSPS) is 16.1. The molecule has 2 atom stereocenters. The summed E-state index contributed by atoms with van der Waals surface area (Å²) in [6, 6.07) is 8.90. The van der Waals surface area contributed by atoms with Crippen molar-refractivity contribution in [3.05, 3.63) is 47.9 Å². The van der Waals surface area contributed by atoms with Crippen LogP contribution >= 0.6 is 0 Å². The Kier molecular flexibility index (Phi) is 7.55. The molecule has 0 spiro atoms. The molecule has 12 heteroatoms. The van der Waals surface area contributed by atoms with E-state index >= 15 is 0 Å². The van der Waals surface area contributed by atoms with E-state index in [0.29, 0.717) is 42.2 Å². The third-order valence-electron chi connectivity index (χ3n) is 6.38. The van der Waals surface area contributed by atoms with Gasteiger partial charge in [0.1, 0.15) is 30.1 Å². The number of anilines is 1. The number of pyridine rings is 2. The fourth-order valence-corrected chi connectivity index (χ4v) is 4.18. The molecule has 1 saturated heterocycles. The highest BCUT2D eigenvalue weighted by molar-refractivity contribution is 5.99. The van der Waals surface area contributed by atoms with Crippen molar-refractivity contribution in [3.63, 3.8) is 0 Å². The summed E-state index contributed by atoms with van der Waals surface area (Å²) >= 11 is 0. The van der Waals surface area contributed by atoms with Gasteiger partial charge in [0, 0.05) is 49.2 Å². The minimum atomic E-state index is -1.68. The molecule has 2 amide bonds. The Hall–Kier alpha value is -4.55. The number of nitriles is 2. The smallest absolute Gasteiger partial charge is 0.255 e. The Morgan fingerprint density at radius 2 is 2.08 bits per heavy atom. The second-order valence-corrected chi connectivity index (χ2v) is 9.66. The number of halogens is 1. The van der Waals surface area contributed by atoms with Gasteiger partial charge in [-0.15, -0.1) is 0 Å². The summed E-state index contributed by atoms with van der Waals surface area (Å²) in [6.45, 7) is 3.08. The number of rotatable bonds is 8. The topological polar surface area (TPSA) is 160 Å². The highest BCUT2D eigenvalue weighted by atomic mass is 19.1. The van der Waals surface area contributed by atoms with E-state index in [0.717, 1.165) is 5.39 Å². The van der Waals surface area contributed by atoms with E-state index in [4.69, 9.17) is 10.5 Å². The van der Waals surface area contributed by atoms with Crippen LogP contribution in [0.4, 0.5) is 10.1 Å². The van der Waals surface area contributed by atoms with E-state index < -0.39 is 24.2 Å². The summed E-state index contributed by atoms with van der Waals surface area (Å²) in [6.07, 6.45) is 3.30. The van der Waals surface area contributed by atoms with Crippen LogP contribution in [0.3, 0.4) is 0 Å². The third kappa shape index (κ3) is 5.71. The maximum atomic E-state index is 14.3. The lowest BCUT2D eigenvalue weighted by Crippen LogP contribution is -2.42. The van der Waals surface area contributed by atoms with Gasteiger partial charge in [0.15, 0.2) is 0 Å². The molecule has 1 fully saturated rings. The summed E-state index contributed by atoms with van der Waals surface area (Å²) in [5.41, 5.74) is -0.0464. The second kappa shape index (κ2) is 10.8. The van der Waals surface area contributed by atoms with Crippen LogP contribution in [-0.2, 0) is 4.79 Å². The number of fused-ring (bicyclic) bond motifs is 1. The van der Waals surface area contributed by atoms with E-state index in [1.54, 1.807) is 33.9 Å². The maximum Gasteiger partial charge on any atom is 0.255 e. The number of carbonyl (C=O) groups is 2. The average molecular weight is 519 g/mol. The highest BCUT2D eigenvalue weighted by Crippen LogP contribution is 2.25. The first-order valence-electron chi connectivity index (χ1n) is 12.0. The summed E-state index contributed by atoms with van der Waals surface area (Å²) in [4.78, 5) is 35.5. The van der Waals surface area contributed by atoms with Crippen molar-refractivity contribution in [2.75, 3.05) is 25.0 Å². The van der Waals surface area contributed by atoms with Crippen molar-refractivity contribution < 1.29 is 19.1 Å². The lowest BCUT2D eigenvalue weighted by atomic mass is 10.0. The minimum Gasteiger partial charge on any atom is -0.387 e. The molecule has 0 aromatic carbocycles. The number of aromatic nitrogens is 3. The van der Waals surface area contributed by atoms with Gasteiger partial charge >= 0.3 is 0 Å². The number of amides is 2. The van der Waals surface area contributed by atoms with Crippen molar-refractivity contribution >= 4 is 28.5 Å². The monoisotopic (exact) mass is 518 g/mol. The van der Waals surface area contributed by atoms with Crippen LogP contribution in [0.1, 0.15) is 42.6 Å². The molecule has 3 aromatic rings. The lowest BCUT2D eigenvalue weighted by molar-refractivity contribution is -0.129. The molecule has 2 unspecified atom stereocenters. The predicted octanol–water partition coefficient (Wildman–Crippen LogP) is 2.06. The number of alkyl halides is 1. The minimum absolute atomic E-state index is 0.162. The average Bonchev–Trinajstić information content (AvgIpc) is 3.53. The predicted molar refractivity (Wildman–Crippen MR) is 136 cm³/mol. The quantitative estimate of drug-likeness (QED) is 0.408. The third-order valence-corrected chi connectivity index (χ3v) is 6.38. The molecule has 0 saturated carbocycles. The molecule has 4 rings (SSSR count). The van der Waals surface area contributed by atoms with Gasteiger partial charge in [0.25, 0.3) is 5.91 Å². The van der Waals surface area contributed by atoms with Gasteiger partial charge in [0.2, 0.25) is 5.91 Å². The summed E-state index contributed by atoms with van der Waals surface area (Å²) < 4.78 is 16.0. The van der Waals surface area contributed by atoms with E-state index in [1.807, 2.05) is 6.07 Å². The Balaban J connectivity index is 1.64. The Morgan fingerprint density at radius 1 is 1.29 bits per heavy atom. The van der Waals surface area contributed by atoms with Crippen LogP contribution in [0, 0.1) is 22.7 Å². The van der Waals surface area contributed by atoms with Crippen LogP contribution in [0.25, 0.3) is 16.9 Å². The van der Waals surface area contributed by atoms with Crippen LogP contribution in [0.5, 0.6) is 0 Å². The number of likely N-dealkylation sites (tertiary alicyclic amines) is 1. The van der Waals surface area contributed by atoms with Gasteiger partial charge in [-0.3, -0.25) is 14.2 Å². The summed E-state index contributed by atoms with van der Waals surface area (Å²) in [5, 5.41) is 34.4. The first kappa shape index (κ1) is 26.5. The van der Waals surface area contributed by atoms with Crippen molar-refractivity contribution in [3.8, 4) is 18.0 Å². The first-order valence-corrected chi connectivity index (χ1v) is 12.0. The summed E-state index contributed by atoms with van der Waals surface area (Å²) in [7, 11) is 0. The molecule has 196 valence electrons. The maximum absolute atomic E-state index is 14.3. The van der Waals surface area contributed by atoms with Gasteiger partial charge in [-0.1, -0.05) is 0 Å². The number of hydrogen-bond acceptors (Lipinski definition) is 8. The van der Waals surface area contributed by atoms with Gasteiger partial charge in [-0.2, -0.15) is 10.5 Å². The number of carbonyl (C=O) groups excluding carboxylic acids is 2. The molecular formula is C26H27FN8O3. The van der Waals surface area contributed by atoms with Crippen LogP contribution in [-0.4, -0.2) is 73.8 Å². The lowest BCUT2D eigenvalue weighted by Gasteiger charge is -2.23. The van der Waals surface area contributed by atoms with Gasteiger partial charge < -0.3 is 20.6 Å². The molecule has 3 aromatic heterocycles. The molecular weight excluding hydrogens is 491 g/mol. The first-order chi connectivity index (χ1) is 18.1. The molecule has 3 N–H and O–H groups in total. The molecule has 1 aliphatic heterocycles. The highest BCUT2D eigenvalue weighted by Gasteiger charge is 2.29. The number of aliphatic hydroxyl groups is 1. The molecule has 11 nitrogen and oxygen atoms in total. The Labute approximate surface area is 218 Å². The molecule has 1 aliphatic rings. The van der Waals surface area contributed by atoms with Crippen molar-refractivity contribution in [1.82, 2.24) is 24.8 Å². The number of nitrogens with one attached hydrogen (secondary N) is 2. The number of hydrogen-bond donors (Lipinski definition) is 3. The van der Waals surface area contributed by atoms with E-state index in [9.17, 15) is 19.1 Å². The molecule has 0 bridgehead atoms. The van der Waals surface area contributed by atoms with Crippen LogP contribution < -0.4 is 10.6 Å². The zero-order valence-electron chi connectivity index (χ0n) is 21.0. The Bertz CT molecular complexity index is 1450. The van der Waals surface area contributed by atoms with E-state index in [1.165, 1.54) is 26.2 Å². The SMILES string of the molecule is CC(C)(O)C(F)CNC(=O)c1cnc(-n2ccc3cc(C#N)cnc32)cc1NC1CCN(C(=O)CC#N)C1. The second-order valence-electron chi connectivity index (χ2n) is 9.66. The van der Waals surface area contributed by atoms with Crippen molar-refractivity contribution in [2.45, 2.75) is 44.5 Å². The van der Waals surface area contributed by atoms with Gasteiger partial charge in [-0.05, 0) is 32.4 Å². The Morgan fingerprint density at radius 3 is 2.79 bits per heavy atom. The molecule has 0 radical (unpaired) electrons. The zero-order valence-corrected chi connectivity index (χ0v) is 21.0. The number of nitrogens with zero attached hydrogens (tertiary/aromatic N) is 6. The van der Waals surface area contributed by atoms with Gasteiger partial charge in [0.05, 0.1) is 35.0 Å². The zero-order chi connectivity index (χ0) is 27.4.